The highest BCUT2D eigenvalue weighted by Gasteiger charge is 2.37. The molecular formula is C26H25N3OS. The first-order chi connectivity index (χ1) is 15.0. The highest BCUT2D eigenvalue weighted by atomic mass is 32.1. The largest absolute Gasteiger partial charge is 0.493 e. The lowest BCUT2D eigenvalue weighted by Crippen LogP contribution is -2.28. The normalized spacial score (nSPS) is 18.8. The molecule has 0 amide bonds. The Kier molecular flexibility index (Phi) is 4.71. The lowest BCUT2D eigenvalue weighted by atomic mass is 9.89. The lowest BCUT2D eigenvalue weighted by molar-refractivity contribution is 0.419. The fraction of sp³-hybridized carbons (Fsp3) is 0.192. The van der Waals surface area contributed by atoms with E-state index >= 15 is 0 Å². The highest BCUT2D eigenvalue weighted by Crippen LogP contribution is 2.48. The van der Waals surface area contributed by atoms with Crippen LogP contribution in [0.2, 0.25) is 0 Å². The van der Waals surface area contributed by atoms with Gasteiger partial charge in [-0.05, 0) is 54.5 Å². The van der Waals surface area contributed by atoms with Gasteiger partial charge in [-0.25, -0.2) is 0 Å². The number of imidazole rings is 1. The van der Waals surface area contributed by atoms with Crippen molar-refractivity contribution >= 4 is 29.2 Å². The summed E-state index contributed by atoms with van der Waals surface area (Å²) < 4.78 is 4.16. The fourth-order valence-electron chi connectivity index (χ4n) is 4.82. The van der Waals surface area contributed by atoms with E-state index in [9.17, 15) is 5.11 Å². The van der Waals surface area contributed by atoms with E-state index in [0.29, 0.717) is 17.0 Å². The van der Waals surface area contributed by atoms with E-state index in [-0.39, 0.29) is 17.8 Å². The summed E-state index contributed by atoms with van der Waals surface area (Å²) in [6.45, 7) is 6.91. The van der Waals surface area contributed by atoms with Crippen LogP contribution >= 0.6 is 12.2 Å². The summed E-state index contributed by atoms with van der Waals surface area (Å²) in [5, 5.41) is 10.8. The van der Waals surface area contributed by atoms with Crippen LogP contribution in [0.25, 0.3) is 5.57 Å². The van der Waals surface area contributed by atoms with Crippen molar-refractivity contribution in [2.45, 2.75) is 25.4 Å². The van der Waals surface area contributed by atoms with Gasteiger partial charge in [0.05, 0.1) is 6.04 Å². The topological polar surface area (TPSA) is 33.3 Å². The Morgan fingerprint density at radius 2 is 1.84 bits per heavy atom. The molecule has 2 aromatic carbocycles. The number of nitrogens with zero attached hydrogens (tertiary/aromatic N) is 3. The van der Waals surface area contributed by atoms with Crippen LogP contribution in [0, 0.1) is 4.77 Å². The maximum Gasteiger partial charge on any atom is 0.218 e. The summed E-state index contributed by atoms with van der Waals surface area (Å²) >= 11 is 5.50. The monoisotopic (exact) mass is 427 g/mol. The Morgan fingerprint density at radius 1 is 1.10 bits per heavy atom. The van der Waals surface area contributed by atoms with Gasteiger partial charge in [-0.3, -0.25) is 4.57 Å². The van der Waals surface area contributed by atoms with Crippen LogP contribution in [0.5, 0.6) is 5.88 Å². The van der Waals surface area contributed by atoms with Gasteiger partial charge in [0.25, 0.3) is 0 Å². The summed E-state index contributed by atoms with van der Waals surface area (Å²) in [5.41, 5.74) is 6.08. The van der Waals surface area contributed by atoms with Gasteiger partial charge < -0.3 is 14.6 Å². The van der Waals surface area contributed by atoms with E-state index in [4.69, 9.17) is 12.2 Å². The molecule has 1 aliphatic heterocycles. The molecule has 4 nitrogen and oxygen atoms in total. The predicted octanol–water partition coefficient (Wildman–Crippen LogP) is 6.07. The number of allylic oxidation sites excluding steroid dienone is 2. The molecule has 2 heterocycles. The van der Waals surface area contributed by atoms with Crippen molar-refractivity contribution in [1.29, 1.82) is 0 Å². The maximum atomic E-state index is 10.8. The minimum atomic E-state index is 0.171. The van der Waals surface area contributed by atoms with Gasteiger partial charge in [0, 0.05) is 36.5 Å². The zero-order valence-electron chi connectivity index (χ0n) is 17.7. The summed E-state index contributed by atoms with van der Waals surface area (Å²) in [6, 6.07) is 17.2. The average molecular weight is 428 g/mol. The van der Waals surface area contributed by atoms with E-state index in [1.165, 1.54) is 16.9 Å². The molecule has 0 spiro atoms. The smallest absolute Gasteiger partial charge is 0.218 e. The quantitative estimate of drug-likeness (QED) is 0.513. The number of para-hydroxylation sites is 1. The summed E-state index contributed by atoms with van der Waals surface area (Å²) in [7, 11) is 1.88. The first-order valence-electron chi connectivity index (χ1n) is 10.5. The zero-order chi connectivity index (χ0) is 21.7. The van der Waals surface area contributed by atoms with Gasteiger partial charge in [-0.2, -0.15) is 0 Å². The number of fused-ring (bicyclic) bond motifs is 3. The van der Waals surface area contributed by atoms with E-state index < -0.39 is 0 Å². The molecule has 31 heavy (non-hydrogen) atoms. The molecule has 156 valence electrons. The Labute approximate surface area is 187 Å². The van der Waals surface area contributed by atoms with Gasteiger partial charge in [0.1, 0.15) is 5.69 Å². The number of anilines is 2. The number of aromatic hydroxyl groups is 1. The molecule has 0 radical (unpaired) electrons. The van der Waals surface area contributed by atoms with Gasteiger partial charge in [-0.15, -0.1) is 0 Å². The predicted molar refractivity (Wildman–Crippen MR) is 130 cm³/mol. The Hall–Kier alpha value is -3.31. The molecule has 2 atom stereocenters. The molecule has 1 aliphatic carbocycles. The Morgan fingerprint density at radius 3 is 2.55 bits per heavy atom. The van der Waals surface area contributed by atoms with E-state index in [0.717, 1.165) is 11.1 Å². The van der Waals surface area contributed by atoms with Gasteiger partial charge >= 0.3 is 0 Å². The van der Waals surface area contributed by atoms with Gasteiger partial charge in [-0.1, -0.05) is 55.1 Å². The van der Waals surface area contributed by atoms with E-state index in [1.54, 1.807) is 4.57 Å². The minimum Gasteiger partial charge on any atom is -0.493 e. The number of hydrogen-bond donors (Lipinski definition) is 1. The van der Waals surface area contributed by atoms with Gasteiger partial charge in [0.2, 0.25) is 5.88 Å². The van der Waals surface area contributed by atoms with Crippen LogP contribution < -0.4 is 4.90 Å². The fourth-order valence-corrected chi connectivity index (χ4v) is 5.13. The number of aromatic nitrogens is 2. The molecule has 0 fully saturated rings. The molecule has 1 N–H and O–H groups in total. The second-order valence-corrected chi connectivity index (χ2v) is 8.37. The van der Waals surface area contributed by atoms with Crippen molar-refractivity contribution in [3.05, 3.63) is 101 Å². The third-order valence-corrected chi connectivity index (χ3v) is 6.85. The van der Waals surface area contributed by atoms with Crippen LogP contribution in [0.4, 0.5) is 11.4 Å². The molecule has 5 rings (SSSR count). The molecule has 5 heteroatoms. The van der Waals surface area contributed by atoms with Crippen LogP contribution in [0.1, 0.15) is 29.7 Å². The van der Waals surface area contributed by atoms with Crippen molar-refractivity contribution in [3.63, 3.8) is 0 Å². The second-order valence-electron chi connectivity index (χ2n) is 8.00. The number of benzene rings is 2. The molecule has 0 saturated carbocycles. The highest BCUT2D eigenvalue weighted by molar-refractivity contribution is 7.71. The Bertz CT molecular complexity index is 1300. The average Bonchev–Trinajstić information content (AvgIpc) is 3.24. The van der Waals surface area contributed by atoms with E-state index in [2.05, 4.69) is 78.2 Å². The first-order valence-corrected chi connectivity index (χ1v) is 10.9. The van der Waals surface area contributed by atoms with Crippen molar-refractivity contribution in [2.75, 3.05) is 4.90 Å². The van der Waals surface area contributed by atoms with Crippen molar-refractivity contribution in [3.8, 4) is 5.88 Å². The third kappa shape index (κ3) is 2.92. The SMILES string of the molecule is C=C(c1ccc2c(c1)C1C=CC=CC1N2c1ccccc1)c1c(O)n(CC)c(=S)n1C. The molecule has 0 saturated heterocycles. The molecule has 2 aliphatic rings. The second kappa shape index (κ2) is 7.43. The van der Waals surface area contributed by atoms with Crippen LogP contribution in [0.15, 0.2) is 79.4 Å². The summed E-state index contributed by atoms with van der Waals surface area (Å²) in [6.07, 6.45) is 8.78. The lowest BCUT2D eigenvalue weighted by Gasteiger charge is -2.28. The number of rotatable bonds is 4. The standard InChI is InChI=1S/C26H25N3OS/c1-4-28-25(30)24(27(3)26(28)31)17(2)18-14-15-23-21(16-18)20-12-8-9-13-22(20)29(23)19-10-6-5-7-11-19/h5-16,20,22,30H,2,4H2,1,3H3. The van der Waals surface area contributed by atoms with Crippen molar-refractivity contribution in [2.24, 2.45) is 7.05 Å². The Balaban J connectivity index is 1.62. The van der Waals surface area contributed by atoms with Crippen LogP contribution in [0.3, 0.4) is 0 Å². The van der Waals surface area contributed by atoms with Crippen LogP contribution in [-0.4, -0.2) is 20.3 Å². The molecule has 1 aromatic heterocycles. The minimum absolute atomic E-state index is 0.171. The van der Waals surface area contributed by atoms with Crippen molar-refractivity contribution in [1.82, 2.24) is 9.13 Å². The van der Waals surface area contributed by atoms with Gasteiger partial charge in [0.15, 0.2) is 4.77 Å². The summed E-state index contributed by atoms with van der Waals surface area (Å²) in [4.78, 5) is 2.40. The molecule has 2 unspecified atom stereocenters. The number of hydrogen-bond acceptors (Lipinski definition) is 3. The van der Waals surface area contributed by atoms with E-state index in [1.807, 2.05) is 24.6 Å². The first kappa shape index (κ1) is 19.6. The zero-order valence-corrected chi connectivity index (χ0v) is 18.5. The maximum absolute atomic E-state index is 10.8. The molecule has 0 bridgehead atoms. The third-order valence-electron chi connectivity index (χ3n) is 6.36. The van der Waals surface area contributed by atoms with Crippen LogP contribution in [-0.2, 0) is 13.6 Å². The molecule has 3 aromatic rings. The van der Waals surface area contributed by atoms with Crippen molar-refractivity contribution < 1.29 is 5.11 Å². The summed E-state index contributed by atoms with van der Waals surface area (Å²) in [5.74, 6) is 0.440. The molecular weight excluding hydrogens is 402 g/mol.